The number of piperazine rings is 1. The normalized spacial score (nSPS) is 26.3. The van der Waals surface area contributed by atoms with Gasteiger partial charge in [0.05, 0.1) is 11.5 Å². The van der Waals surface area contributed by atoms with Gasteiger partial charge in [-0.15, -0.1) is 0 Å². The highest BCUT2D eigenvalue weighted by atomic mass is 32.2. The molecular formula is C17H26N2O2S. The van der Waals surface area contributed by atoms with Crippen LogP contribution in [-0.4, -0.2) is 61.9 Å². The molecule has 22 heavy (non-hydrogen) atoms. The highest BCUT2D eigenvalue weighted by Gasteiger charge is 2.33. The minimum Gasteiger partial charge on any atom is -0.297 e. The molecule has 5 heteroatoms. The summed E-state index contributed by atoms with van der Waals surface area (Å²) in [5, 5.41) is 0. The van der Waals surface area contributed by atoms with Gasteiger partial charge in [0.25, 0.3) is 0 Å². The predicted molar refractivity (Wildman–Crippen MR) is 89.7 cm³/mol. The number of hydrogen-bond acceptors (Lipinski definition) is 4. The molecule has 1 aromatic carbocycles. The largest absolute Gasteiger partial charge is 0.297 e. The lowest BCUT2D eigenvalue weighted by molar-refractivity contribution is 0.0999. The van der Waals surface area contributed by atoms with Gasteiger partial charge in [0.2, 0.25) is 0 Å². The maximum atomic E-state index is 11.6. The van der Waals surface area contributed by atoms with Crippen LogP contribution in [-0.2, 0) is 22.8 Å². The lowest BCUT2D eigenvalue weighted by atomic mass is 10.0. The first kappa shape index (κ1) is 16.0. The number of hydrogen-bond donors (Lipinski definition) is 0. The minimum atomic E-state index is -2.77. The molecule has 0 amide bonds. The molecule has 2 aliphatic heterocycles. The summed E-state index contributed by atoms with van der Waals surface area (Å²) in [5.74, 6) is 0.743. The molecule has 0 unspecified atom stereocenters. The van der Waals surface area contributed by atoms with Crippen LogP contribution in [0.1, 0.15) is 24.5 Å². The molecule has 1 atom stereocenters. The molecular weight excluding hydrogens is 296 g/mol. The lowest BCUT2D eigenvalue weighted by Gasteiger charge is -2.37. The first-order valence-corrected chi connectivity index (χ1v) is 10.1. The third-order valence-electron chi connectivity index (χ3n) is 5.02. The zero-order valence-corrected chi connectivity index (χ0v) is 14.2. The van der Waals surface area contributed by atoms with Gasteiger partial charge in [-0.25, -0.2) is 8.42 Å². The van der Waals surface area contributed by atoms with Crippen LogP contribution in [0.15, 0.2) is 24.3 Å². The first-order valence-electron chi connectivity index (χ1n) is 8.31. The SMILES string of the molecule is CCc1ccccc1CN1CCN([C@H]2CCS(=O)(=O)C2)CC1. The van der Waals surface area contributed by atoms with E-state index in [0.29, 0.717) is 11.5 Å². The van der Waals surface area contributed by atoms with E-state index >= 15 is 0 Å². The molecule has 122 valence electrons. The summed E-state index contributed by atoms with van der Waals surface area (Å²) in [5.41, 5.74) is 2.87. The zero-order valence-electron chi connectivity index (χ0n) is 13.4. The summed E-state index contributed by atoms with van der Waals surface area (Å²) in [6, 6.07) is 8.94. The predicted octanol–water partition coefficient (Wildman–Crippen LogP) is 1.55. The van der Waals surface area contributed by atoms with Crippen LogP contribution in [0, 0.1) is 0 Å². The number of nitrogens with zero attached hydrogens (tertiary/aromatic N) is 2. The molecule has 0 aliphatic carbocycles. The van der Waals surface area contributed by atoms with Crippen LogP contribution in [0.5, 0.6) is 0 Å². The summed E-state index contributed by atoms with van der Waals surface area (Å²) in [4.78, 5) is 4.88. The monoisotopic (exact) mass is 322 g/mol. The molecule has 0 radical (unpaired) electrons. The minimum absolute atomic E-state index is 0.259. The Balaban J connectivity index is 1.54. The van der Waals surface area contributed by atoms with E-state index in [4.69, 9.17) is 0 Å². The van der Waals surface area contributed by atoms with E-state index in [-0.39, 0.29) is 6.04 Å². The van der Waals surface area contributed by atoms with Gasteiger partial charge < -0.3 is 0 Å². The highest BCUT2D eigenvalue weighted by Crippen LogP contribution is 2.20. The van der Waals surface area contributed by atoms with Crippen LogP contribution in [0.25, 0.3) is 0 Å². The molecule has 2 saturated heterocycles. The summed E-state index contributed by atoms with van der Waals surface area (Å²) in [7, 11) is -2.77. The summed E-state index contributed by atoms with van der Waals surface area (Å²) in [6.45, 7) is 7.28. The molecule has 4 nitrogen and oxygen atoms in total. The van der Waals surface area contributed by atoms with E-state index < -0.39 is 9.84 Å². The lowest BCUT2D eigenvalue weighted by Crippen LogP contribution is -2.50. The average molecular weight is 322 g/mol. The van der Waals surface area contributed by atoms with Crippen molar-refractivity contribution in [3.05, 3.63) is 35.4 Å². The molecule has 2 aliphatic rings. The Hall–Kier alpha value is -0.910. The molecule has 1 aromatic rings. The Morgan fingerprint density at radius 3 is 2.36 bits per heavy atom. The van der Waals surface area contributed by atoms with Crippen molar-refractivity contribution in [1.29, 1.82) is 0 Å². The maximum absolute atomic E-state index is 11.6. The van der Waals surface area contributed by atoms with Crippen LogP contribution >= 0.6 is 0 Å². The molecule has 2 heterocycles. The molecule has 0 aromatic heterocycles. The van der Waals surface area contributed by atoms with E-state index in [9.17, 15) is 8.42 Å². The summed E-state index contributed by atoms with van der Waals surface area (Å²) < 4.78 is 23.2. The first-order chi connectivity index (χ1) is 10.6. The summed E-state index contributed by atoms with van der Waals surface area (Å²) >= 11 is 0. The Labute approximate surface area is 134 Å². The second-order valence-electron chi connectivity index (χ2n) is 6.49. The Morgan fingerprint density at radius 2 is 1.77 bits per heavy atom. The highest BCUT2D eigenvalue weighted by molar-refractivity contribution is 7.91. The number of sulfone groups is 1. The van der Waals surface area contributed by atoms with Crippen molar-refractivity contribution in [2.24, 2.45) is 0 Å². The Morgan fingerprint density at radius 1 is 1.09 bits per heavy atom. The van der Waals surface area contributed by atoms with E-state index in [1.165, 1.54) is 11.1 Å². The number of aryl methyl sites for hydroxylation is 1. The second kappa shape index (κ2) is 6.69. The summed E-state index contributed by atoms with van der Waals surface area (Å²) in [6.07, 6.45) is 1.90. The van der Waals surface area contributed by atoms with Crippen molar-refractivity contribution < 1.29 is 8.42 Å². The van der Waals surface area contributed by atoms with E-state index in [1.54, 1.807) is 0 Å². The number of rotatable bonds is 4. The Bertz CT molecular complexity index is 607. The molecule has 0 bridgehead atoms. The van der Waals surface area contributed by atoms with Gasteiger partial charge >= 0.3 is 0 Å². The van der Waals surface area contributed by atoms with Crippen molar-refractivity contribution >= 4 is 9.84 Å². The van der Waals surface area contributed by atoms with Crippen LogP contribution < -0.4 is 0 Å². The van der Waals surface area contributed by atoms with E-state index in [1.807, 2.05) is 0 Å². The van der Waals surface area contributed by atoms with Crippen molar-refractivity contribution in [3.8, 4) is 0 Å². The van der Waals surface area contributed by atoms with Crippen molar-refractivity contribution in [1.82, 2.24) is 9.80 Å². The van der Waals surface area contributed by atoms with Crippen molar-refractivity contribution in [2.75, 3.05) is 37.7 Å². The molecule has 3 rings (SSSR count). The quantitative estimate of drug-likeness (QED) is 0.843. The van der Waals surface area contributed by atoms with Crippen molar-refractivity contribution in [3.63, 3.8) is 0 Å². The van der Waals surface area contributed by atoms with Gasteiger partial charge in [-0.3, -0.25) is 9.80 Å². The molecule has 0 N–H and O–H groups in total. The molecule has 2 fully saturated rings. The Kier molecular flexibility index (Phi) is 4.85. The average Bonchev–Trinajstić information content (AvgIpc) is 2.89. The van der Waals surface area contributed by atoms with Gasteiger partial charge in [-0.2, -0.15) is 0 Å². The fraction of sp³-hybridized carbons (Fsp3) is 0.647. The van der Waals surface area contributed by atoms with Crippen LogP contribution in [0.4, 0.5) is 0 Å². The van der Waals surface area contributed by atoms with E-state index in [2.05, 4.69) is 41.0 Å². The smallest absolute Gasteiger partial charge is 0.151 e. The van der Waals surface area contributed by atoms with Crippen LogP contribution in [0.3, 0.4) is 0 Å². The van der Waals surface area contributed by atoms with Gasteiger partial charge in [-0.05, 0) is 24.0 Å². The third kappa shape index (κ3) is 3.70. The fourth-order valence-corrected chi connectivity index (χ4v) is 5.41. The van der Waals surface area contributed by atoms with Crippen molar-refractivity contribution in [2.45, 2.75) is 32.4 Å². The van der Waals surface area contributed by atoms with E-state index in [0.717, 1.165) is 45.6 Å². The second-order valence-corrected chi connectivity index (χ2v) is 8.72. The van der Waals surface area contributed by atoms with Gasteiger partial charge in [0.1, 0.15) is 0 Å². The topological polar surface area (TPSA) is 40.6 Å². The van der Waals surface area contributed by atoms with Gasteiger partial charge in [-0.1, -0.05) is 31.2 Å². The third-order valence-corrected chi connectivity index (χ3v) is 6.78. The zero-order chi connectivity index (χ0) is 15.6. The van der Waals surface area contributed by atoms with Crippen LogP contribution in [0.2, 0.25) is 0 Å². The maximum Gasteiger partial charge on any atom is 0.151 e. The molecule has 0 spiro atoms. The molecule has 0 saturated carbocycles. The van der Waals surface area contributed by atoms with Gasteiger partial charge in [0, 0.05) is 38.8 Å². The van der Waals surface area contributed by atoms with Gasteiger partial charge in [0.15, 0.2) is 9.84 Å². The fourth-order valence-electron chi connectivity index (χ4n) is 3.65. The number of benzene rings is 1. The standard InChI is InChI=1S/C17H26N2O2S/c1-2-15-5-3-4-6-16(15)13-18-8-10-19(11-9-18)17-7-12-22(20,21)14-17/h3-6,17H,2,7-14H2,1H3/t17-/m0/s1.